The van der Waals surface area contributed by atoms with Crippen LogP contribution in [0.3, 0.4) is 0 Å². The van der Waals surface area contributed by atoms with Gasteiger partial charge in [0.05, 0.1) is 5.56 Å². The highest BCUT2D eigenvalue weighted by Gasteiger charge is 2.24. The number of carbonyl (C=O) groups excluding carboxylic acids is 2. The van der Waals surface area contributed by atoms with Crippen LogP contribution in [0.1, 0.15) is 32.6 Å². The molecule has 30 heavy (non-hydrogen) atoms. The first-order valence-electron chi connectivity index (χ1n) is 9.47. The lowest BCUT2D eigenvalue weighted by Gasteiger charge is -2.06. The van der Waals surface area contributed by atoms with Gasteiger partial charge in [0.2, 0.25) is 5.90 Å². The maximum absolute atomic E-state index is 12.3. The van der Waals surface area contributed by atoms with E-state index in [1.807, 2.05) is 50.2 Å². The van der Waals surface area contributed by atoms with E-state index in [0.717, 1.165) is 22.3 Å². The summed E-state index contributed by atoms with van der Waals surface area (Å²) in [5.41, 5.74) is 4.20. The maximum atomic E-state index is 12.3. The molecule has 0 unspecified atom stereocenters. The number of hydrogen-bond donors (Lipinski definition) is 0. The third-order valence-electron chi connectivity index (χ3n) is 4.68. The van der Waals surface area contributed by atoms with Crippen LogP contribution < -0.4 is 4.74 Å². The average molecular weight is 397 g/mol. The second kappa shape index (κ2) is 8.17. The van der Waals surface area contributed by atoms with Crippen molar-refractivity contribution in [1.29, 1.82) is 0 Å². The van der Waals surface area contributed by atoms with Gasteiger partial charge in [-0.05, 0) is 61.4 Å². The molecule has 0 spiro atoms. The highest BCUT2D eigenvalue weighted by molar-refractivity contribution is 6.12. The number of cyclic esters (lactones) is 1. The standard InChI is InChI=1S/C25H19NO4/c1-16-7-11-19(12-8-16)23-26-22(25(28)30-23)15-18-9-13-20(14-10-18)29-24(27)21-6-4-3-5-17(21)2/h3-15H,1-2H3/b22-15-. The molecule has 5 nitrogen and oxygen atoms in total. The van der Waals surface area contributed by atoms with E-state index in [4.69, 9.17) is 9.47 Å². The minimum absolute atomic E-state index is 0.218. The van der Waals surface area contributed by atoms with Crippen LogP contribution in [0.25, 0.3) is 6.08 Å². The largest absolute Gasteiger partial charge is 0.423 e. The first-order valence-corrected chi connectivity index (χ1v) is 9.47. The number of aliphatic imine (C=N–C) groups is 1. The Bertz CT molecular complexity index is 1170. The van der Waals surface area contributed by atoms with E-state index in [1.54, 1.807) is 42.5 Å². The number of esters is 2. The van der Waals surface area contributed by atoms with Gasteiger partial charge in [-0.1, -0.05) is 48.0 Å². The van der Waals surface area contributed by atoms with Crippen LogP contribution in [-0.2, 0) is 9.53 Å². The lowest BCUT2D eigenvalue weighted by atomic mass is 10.1. The molecule has 0 saturated heterocycles. The third-order valence-corrected chi connectivity index (χ3v) is 4.68. The molecule has 0 amide bonds. The summed E-state index contributed by atoms with van der Waals surface area (Å²) in [5, 5.41) is 0. The average Bonchev–Trinajstić information content (AvgIpc) is 3.10. The highest BCUT2D eigenvalue weighted by Crippen LogP contribution is 2.21. The van der Waals surface area contributed by atoms with Gasteiger partial charge in [0.25, 0.3) is 0 Å². The molecule has 0 N–H and O–H groups in total. The number of ether oxygens (including phenoxy) is 2. The highest BCUT2D eigenvalue weighted by atomic mass is 16.6. The minimum atomic E-state index is -0.499. The monoisotopic (exact) mass is 397 g/mol. The maximum Gasteiger partial charge on any atom is 0.363 e. The van der Waals surface area contributed by atoms with Crippen molar-refractivity contribution < 1.29 is 19.1 Å². The van der Waals surface area contributed by atoms with E-state index in [2.05, 4.69) is 4.99 Å². The smallest absolute Gasteiger partial charge is 0.363 e. The molecule has 0 aliphatic carbocycles. The Morgan fingerprint density at radius 3 is 2.33 bits per heavy atom. The Kier molecular flexibility index (Phi) is 5.26. The van der Waals surface area contributed by atoms with Gasteiger partial charge in [-0.15, -0.1) is 0 Å². The molecule has 148 valence electrons. The van der Waals surface area contributed by atoms with Gasteiger partial charge in [0.15, 0.2) is 5.70 Å². The Balaban J connectivity index is 1.49. The topological polar surface area (TPSA) is 65.0 Å². The molecule has 3 aromatic carbocycles. The molecule has 0 saturated carbocycles. The molecular formula is C25H19NO4. The van der Waals surface area contributed by atoms with E-state index in [1.165, 1.54) is 0 Å². The normalized spacial score (nSPS) is 14.4. The predicted octanol–water partition coefficient (Wildman–Crippen LogP) is 4.87. The zero-order chi connectivity index (χ0) is 21.1. The molecule has 1 aliphatic heterocycles. The second-order valence-electron chi connectivity index (χ2n) is 6.98. The zero-order valence-corrected chi connectivity index (χ0v) is 16.6. The summed E-state index contributed by atoms with van der Waals surface area (Å²) in [6.45, 7) is 3.84. The van der Waals surface area contributed by atoms with Crippen molar-refractivity contribution in [2.75, 3.05) is 0 Å². The number of hydrogen-bond acceptors (Lipinski definition) is 5. The van der Waals surface area contributed by atoms with E-state index in [0.29, 0.717) is 11.3 Å². The lowest BCUT2D eigenvalue weighted by Crippen LogP contribution is -2.09. The van der Waals surface area contributed by atoms with Gasteiger partial charge in [-0.3, -0.25) is 0 Å². The summed E-state index contributed by atoms with van der Waals surface area (Å²) >= 11 is 0. The third kappa shape index (κ3) is 4.20. The van der Waals surface area contributed by atoms with Gasteiger partial charge >= 0.3 is 11.9 Å². The van der Waals surface area contributed by atoms with Crippen molar-refractivity contribution in [2.45, 2.75) is 13.8 Å². The SMILES string of the molecule is Cc1ccc(C2=N/C(=C\c3ccc(OC(=O)c4ccccc4C)cc3)C(=O)O2)cc1. The number of carbonyl (C=O) groups is 2. The zero-order valence-electron chi connectivity index (χ0n) is 16.6. The van der Waals surface area contributed by atoms with E-state index >= 15 is 0 Å². The van der Waals surface area contributed by atoms with Crippen molar-refractivity contribution >= 4 is 23.9 Å². The predicted molar refractivity (Wildman–Crippen MR) is 114 cm³/mol. The van der Waals surface area contributed by atoms with Crippen LogP contribution in [0.2, 0.25) is 0 Å². The lowest BCUT2D eigenvalue weighted by molar-refractivity contribution is -0.129. The Hall–Kier alpha value is -3.99. The fourth-order valence-electron chi connectivity index (χ4n) is 2.98. The fourth-order valence-corrected chi connectivity index (χ4v) is 2.98. The first kappa shape index (κ1) is 19.3. The molecule has 4 rings (SSSR count). The summed E-state index contributed by atoms with van der Waals surface area (Å²) in [7, 11) is 0. The molecule has 3 aromatic rings. The molecule has 1 aliphatic rings. The number of rotatable bonds is 4. The molecule has 1 heterocycles. The van der Waals surface area contributed by atoms with Crippen molar-refractivity contribution in [3.05, 3.63) is 106 Å². The van der Waals surface area contributed by atoms with Crippen LogP contribution in [0.5, 0.6) is 5.75 Å². The van der Waals surface area contributed by atoms with Crippen molar-refractivity contribution in [3.63, 3.8) is 0 Å². The van der Waals surface area contributed by atoms with Crippen LogP contribution in [0.15, 0.2) is 83.5 Å². The number of benzene rings is 3. The van der Waals surface area contributed by atoms with E-state index in [-0.39, 0.29) is 11.6 Å². The summed E-state index contributed by atoms with van der Waals surface area (Å²) in [6.07, 6.45) is 1.64. The van der Waals surface area contributed by atoms with Gasteiger partial charge < -0.3 is 9.47 Å². The summed E-state index contributed by atoms with van der Waals surface area (Å²) < 4.78 is 10.7. The summed E-state index contributed by atoms with van der Waals surface area (Å²) in [6, 6.07) is 21.7. The molecular weight excluding hydrogens is 378 g/mol. The van der Waals surface area contributed by atoms with E-state index in [9.17, 15) is 9.59 Å². The summed E-state index contributed by atoms with van der Waals surface area (Å²) in [5.74, 6) is -0.204. The first-order chi connectivity index (χ1) is 14.5. The van der Waals surface area contributed by atoms with Crippen molar-refractivity contribution in [2.24, 2.45) is 4.99 Å². The fraction of sp³-hybridized carbons (Fsp3) is 0.0800. The second-order valence-corrected chi connectivity index (χ2v) is 6.98. The van der Waals surface area contributed by atoms with Gasteiger partial charge in [0, 0.05) is 5.56 Å². The van der Waals surface area contributed by atoms with Crippen molar-refractivity contribution in [3.8, 4) is 5.75 Å². The van der Waals surface area contributed by atoms with Crippen LogP contribution in [-0.4, -0.2) is 17.8 Å². The van der Waals surface area contributed by atoms with Gasteiger partial charge in [0.1, 0.15) is 5.75 Å². The van der Waals surface area contributed by atoms with Crippen LogP contribution in [0.4, 0.5) is 0 Å². The van der Waals surface area contributed by atoms with Gasteiger partial charge in [-0.25, -0.2) is 14.6 Å². The number of aryl methyl sites for hydroxylation is 2. The summed E-state index contributed by atoms with van der Waals surface area (Å²) in [4.78, 5) is 28.8. The molecule has 0 aromatic heterocycles. The molecule has 0 atom stereocenters. The molecule has 0 radical (unpaired) electrons. The van der Waals surface area contributed by atoms with E-state index < -0.39 is 11.9 Å². The van der Waals surface area contributed by atoms with Crippen molar-refractivity contribution in [1.82, 2.24) is 0 Å². The Morgan fingerprint density at radius 2 is 1.63 bits per heavy atom. The van der Waals surface area contributed by atoms with Crippen LogP contribution >= 0.6 is 0 Å². The Labute approximate surface area is 174 Å². The van der Waals surface area contributed by atoms with Gasteiger partial charge in [-0.2, -0.15) is 0 Å². The molecule has 5 heteroatoms. The quantitative estimate of drug-likeness (QED) is 0.358. The Morgan fingerprint density at radius 1 is 0.933 bits per heavy atom. The van der Waals surface area contributed by atoms with Crippen LogP contribution in [0, 0.1) is 13.8 Å². The number of nitrogens with zero attached hydrogens (tertiary/aromatic N) is 1. The molecule has 0 fully saturated rings. The molecule has 0 bridgehead atoms. The minimum Gasteiger partial charge on any atom is -0.423 e.